The molecule has 20 heavy (non-hydrogen) atoms. The van der Waals surface area contributed by atoms with E-state index in [2.05, 4.69) is 30.8 Å². The van der Waals surface area contributed by atoms with Crippen molar-refractivity contribution in [2.75, 3.05) is 45.4 Å². The average Bonchev–Trinajstić information content (AvgIpc) is 2.93. The summed E-state index contributed by atoms with van der Waals surface area (Å²) in [7, 11) is 3.73. The lowest BCUT2D eigenvalue weighted by Gasteiger charge is -2.19. The van der Waals surface area contributed by atoms with Gasteiger partial charge in [0.2, 0.25) is 0 Å². The molecule has 2 heterocycles. The van der Waals surface area contributed by atoms with E-state index in [1.54, 1.807) is 7.11 Å². The molecule has 0 saturated heterocycles. The molecule has 0 bridgehead atoms. The van der Waals surface area contributed by atoms with E-state index in [4.69, 9.17) is 9.47 Å². The van der Waals surface area contributed by atoms with E-state index >= 15 is 0 Å². The fourth-order valence-electron chi connectivity index (χ4n) is 2.01. The van der Waals surface area contributed by atoms with Crippen LogP contribution in [0.5, 0.6) is 0 Å². The molecule has 0 aliphatic rings. The number of pyridine rings is 1. The fourth-order valence-corrected chi connectivity index (χ4v) is 2.44. The third-order valence-corrected chi connectivity index (χ3v) is 3.73. The molecule has 0 radical (unpaired) electrons. The van der Waals surface area contributed by atoms with Crippen molar-refractivity contribution in [2.45, 2.75) is 6.42 Å². The van der Waals surface area contributed by atoms with Crippen molar-refractivity contribution in [1.29, 1.82) is 0 Å². The summed E-state index contributed by atoms with van der Waals surface area (Å²) < 4.78 is 11.6. The number of methoxy groups -OCH3 is 1. The van der Waals surface area contributed by atoms with Crippen LogP contribution in [0.3, 0.4) is 0 Å². The maximum Gasteiger partial charge on any atom is 0.152 e. The van der Waals surface area contributed by atoms with Gasteiger partial charge in [-0.05, 0) is 28.4 Å². The summed E-state index contributed by atoms with van der Waals surface area (Å²) >= 11 is 3.51. The number of halogens is 1. The van der Waals surface area contributed by atoms with Gasteiger partial charge in [-0.15, -0.1) is 0 Å². The lowest BCUT2D eigenvalue weighted by Crippen LogP contribution is -2.24. The van der Waals surface area contributed by atoms with Gasteiger partial charge in [-0.25, -0.2) is 4.98 Å². The van der Waals surface area contributed by atoms with E-state index in [0.29, 0.717) is 6.61 Å². The molecular weight excluding hydrogens is 322 g/mol. The zero-order valence-electron chi connectivity index (χ0n) is 11.9. The molecule has 0 fully saturated rings. The molecule has 5 nitrogen and oxygen atoms in total. The first-order chi connectivity index (χ1) is 9.74. The maximum absolute atomic E-state index is 5.58. The number of fused-ring (bicyclic) bond motifs is 1. The summed E-state index contributed by atoms with van der Waals surface area (Å²) in [6.45, 7) is 2.95. The number of anilines is 1. The summed E-state index contributed by atoms with van der Waals surface area (Å²) in [5.74, 6) is 0.939. The second-order valence-electron chi connectivity index (χ2n) is 4.58. The number of hydrogen-bond acceptors (Lipinski definition) is 4. The molecule has 2 aromatic heterocycles. The van der Waals surface area contributed by atoms with Gasteiger partial charge in [0, 0.05) is 56.2 Å². The molecule has 0 amide bonds. The third-order valence-electron chi connectivity index (χ3n) is 3.10. The number of aromatic nitrogens is 2. The Labute approximate surface area is 127 Å². The van der Waals surface area contributed by atoms with Crippen molar-refractivity contribution in [3.05, 3.63) is 22.9 Å². The number of ether oxygens (including phenoxy) is 2. The SMILES string of the molecule is COCCCOCCN(C)c1ncc(Br)c2cc[nH]c12. The average molecular weight is 342 g/mol. The Kier molecular flexibility index (Phi) is 5.82. The number of likely N-dealkylation sites (N-methyl/N-ethyl adjacent to an activating group) is 1. The van der Waals surface area contributed by atoms with Crippen LogP contribution in [0.2, 0.25) is 0 Å². The van der Waals surface area contributed by atoms with Crippen LogP contribution in [0.15, 0.2) is 22.9 Å². The molecule has 1 N–H and O–H groups in total. The molecule has 0 atom stereocenters. The molecule has 6 heteroatoms. The van der Waals surface area contributed by atoms with Gasteiger partial charge in [0.05, 0.1) is 12.1 Å². The summed E-state index contributed by atoms with van der Waals surface area (Å²) in [4.78, 5) is 9.81. The highest BCUT2D eigenvalue weighted by atomic mass is 79.9. The zero-order chi connectivity index (χ0) is 14.4. The van der Waals surface area contributed by atoms with Crippen LogP contribution in [0, 0.1) is 0 Å². The second-order valence-corrected chi connectivity index (χ2v) is 5.43. The Morgan fingerprint density at radius 3 is 3.00 bits per heavy atom. The number of nitrogens with one attached hydrogen (secondary N) is 1. The standard InChI is InChI=1S/C14H20BrN3O2/c1-18(6-9-20-8-3-7-19-2)14-13-11(4-5-16-13)12(15)10-17-14/h4-5,10,16H,3,6-9H2,1-2H3. The Morgan fingerprint density at radius 1 is 1.35 bits per heavy atom. The van der Waals surface area contributed by atoms with Crippen molar-refractivity contribution in [1.82, 2.24) is 9.97 Å². The van der Waals surface area contributed by atoms with E-state index in [1.165, 1.54) is 0 Å². The van der Waals surface area contributed by atoms with Crippen LogP contribution in [0.25, 0.3) is 10.9 Å². The van der Waals surface area contributed by atoms with Gasteiger partial charge in [-0.1, -0.05) is 0 Å². The monoisotopic (exact) mass is 341 g/mol. The van der Waals surface area contributed by atoms with E-state index in [0.717, 1.165) is 47.4 Å². The van der Waals surface area contributed by atoms with Gasteiger partial charge in [0.25, 0.3) is 0 Å². The Balaban J connectivity index is 1.89. The van der Waals surface area contributed by atoms with Crippen molar-refractivity contribution >= 4 is 32.7 Å². The summed E-state index contributed by atoms with van der Waals surface area (Å²) in [5, 5.41) is 1.14. The number of H-pyrrole nitrogens is 1. The molecule has 110 valence electrons. The minimum Gasteiger partial charge on any atom is -0.385 e. The molecule has 2 aromatic rings. The quantitative estimate of drug-likeness (QED) is 0.750. The normalized spacial score (nSPS) is 11.2. The van der Waals surface area contributed by atoms with Gasteiger partial charge in [-0.2, -0.15) is 0 Å². The smallest absolute Gasteiger partial charge is 0.152 e. The van der Waals surface area contributed by atoms with Gasteiger partial charge in [-0.3, -0.25) is 0 Å². The van der Waals surface area contributed by atoms with E-state index in [9.17, 15) is 0 Å². The number of hydrogen-bond donors (Lipinski definition) is 1. The van der Waals surface area contributed by atoms with Crippen molar-refractivity contribution in [3.8, 4) is 0 Å². The summed E-state index contributed by atoms with van der Waals surface area (Å²) in [5.41, 5.74) is 1.04. The van der Waals surface area contributed by atoms with Crippen LogP contribution in [-0.4, -0.2) is 50.5 Å². The van der Waals surface area contributed by atoms with Crippen LogP contribution in [0.4, 0.5) is 5.82 Å². The third kappa shape index (κ3) is 3.71. The fraction of sp³-hybridized carbons (Fsp3) is 0.500. The van der Waals surface area contributed by atoms with Crippen LogP contribution >= 0.6 is 15.9 Å². The van der Waals surface area contributed by atoms with Crippen LogP contribution in [0.1, 0.15) is 6.42 Å². The largest absolute Gasteiger partial charge is 0.385 e. The topological polar surface area (TPSA) is 50.4 Å². The predicted octanol–water partition coefficient (Wildman–Crippen LogP) is 2.81. The van der Waals surface area contributed by atoms with E-state index in [-0.39, 0.29) is 0 Å². The van der Waals surface area contributed by atoms with Crippen molar-refractivity contribution < 1.29 is 9.47 Å². The molecule has 2 rings (SSSR count). The zero-order valence-corrected chi connectivity index (χ0v) is 13.4. The molecule has 0 aliphatic carbocycles. The lowest BCUT2D eigenvalue weighted by atomic mass is 10.3. The number of rotatable bonds is 8. The van der Waals surface area contributed by atoms with Crippen molar-refractivity contribution in [3.63, 3.8) is 0 Å². The van der Waals surface area contributed by atoms with E-state index in [1.807, 2.05) is 25.5 Å². The first-order valence-electron chi connectivity index (χ1n) is 6.63. The van der Waals surface area contributed by atoms with Gasteiger partial charge in [0.15, 0.2) is 5.82 Å². The number of aromatic amines is 1. The van der Waals surface area contributed by atoms with Gasteiger partial charge < -0.3 is 19.4 Å². The minimum absolute atomic E-state index is 0.681. The molecule has 0 unspecified atom stereocenters. The maximum atomic E-state index is 5.58. The van der Waals surface area contributed by atoms with Crippen LogP contribution in [-0.2, 0) is 9.47 Å². The Morgan fingerprint density at radius 2 is 2.20 bits per heavy atom. The first-order valence-corrected chi connectivity index (χ1v) is 7.42. The molecule has 0 saturated carbocycles. The summed E-state index contributed by atoms with van der Waals surface area (Å²) in [6.07, 6.45) is 4.69. The molecular formula is C14H20BrN3O2. The summed E-state index contributed by atoms with van der Waals surface area (Å²) in [6, 6.07) is 2.04. The van der Waals surface area contributed by atoms with Gasteiger partial charge >= 0.3 is 0 Å². The van der Waals surface area contributed by atoms with Crippen molar-refractivity contribution in [2.24, 2.45) is 0 Å². The Hall–Kier alpha value is -1.11. The van der Waals surface area contributed by atoms with Crippen LogP contribution < -0.4 is 4.90 Å². The predicted molar refractivity (Wildman–Crippen MR) is 84.4 cm³/mol. The first kappa shape index (κ1) is 15.3. The lowest BCUT2D eigenvalue weighted by molar-refractivity contribution is 0.107. The molecule has 0 spiro atoms. The van der Waals surface area contributed by atoms with Gasteiger partial charge in [0.1, 0.15) is 0 Å². The molecule has 0 aromatic carbocycles. The molecule has 0 aliphatic heterocycles. The minimum atomic E-state index is 0.681. The highest BCUT2D eigenvalue weighted by Gasteiger charge is 2.10. The highest BCUT2D eigenvalue weighted by molar-refractivity contribution is 9.10. The number of nitrogens with zero attached hydrogens (tertiary/aromatic N) is 2. The second kappa shape index (κ2) is 7.61. The van der Waals surface area contributed by atoms with E-state index < -0.39 is 0 Å². The Bertz CT molecular complexity index is 544. The highest BCUT2D eigenvalue weighted by Crippen LogP contribution is 2.28.